The van der Waals surface area contributed by atoms with E-state index in [1.54, 1.807) is 30.3 Å². The lowest BCUT2D eigenvalue weighted by atomic mass is 10.0. The van der Waals surface area contributed by atoms with Gasteiger partial charge in [0, 0.05) is 16.6 Å². The highest BCUT2D eigenvalue weighted by Crippen LogP contribution is 2.24. The average molecular weight is 431 g/mol. The molecule has 29 heavy (non-hydrogen) atoms. The van der Waals surface area contributed by atoms with E-state index in [1.165, 1.54) is 11.3 Å². The fraction of sp³-hybridized carbons (Fsp3) is 0.100. The normalized spacial score (nSPS) is 12.7. The van der Waals surface area contributed by atoms with Crippen LogP contribution in [0.5, 0.6) is 0 Å². The Morgan fingerprint density at radius 3 is 2.45 bits per heavy atom. The predicted octanol–water partition coefficient (Wildman–Crippen LogP) is 2.73. The number of hydrogen-bond acceptors (Lipinski definition) is 5. The molecule has 0 aliphatic carbocycles. The number of hydrogen-bond donors (Lipinski definition) is 4. The Hall–Kier alpha value is -3.01. The zero-order valence-electron chi connectivity index (χ0n) is 15.1. The molecule has 3 rings (SSSR count). The third-order valence-electron chi connectivity index (χ3n) is 4.05. The van der Waals surface area contributed by atoms with E-state index in [1.807, 2.05) is 35.0 Å². The molecule has 0 fully saturated rings. The van der Waals surface area contributed by atoms with Crippen LogP contribution in [0.4, 0.5) is 5.69 Å². The molecule has 4 N–H and O–H groups in total. The number of carboxylic acids is 1. The fourth-order valence-corrected chi connectivity index (χ4v) is 4.30. The standard InChI is InChI=1S/C20H18N2O5S2/c23-11-18(20(25)26)21-19(24)14-6-4-13(5-7-14)15-2-1-3-16(10-15)22-29(27)17-8-9-28-12-17/h1-10,12,18,22-23H,11H2,(H,21,24)(H,25,26). The van der Waals surface area contributed by atoms with Gasteiger partial charge in [0.2, 0.25) is 0 Å². The molecule has 0 saturated heterocycles. The summed E-state index contributed by atoms with van der Waals surface area (Å²) in [5, 5.41) is 23.9. The minimum atomic E-state index is -1.35. The zero-order chi connectivity index (χ0) is 20.8. The van der Waals surface area contributed by atoms with Gasteiger partial charge in [-0.2, -0.15) is 11.3 Å². The van der Waals surface area contributed by atoms with Crippen LogP contribution < -0.4 is 10.0 Å². The number of nitrogens with one attached hydrogen (secondary N) is 2. The Kier molecular flexibility index (Phi) is 6.76. The van der Waals surface area contributed by atoms with Gasteiger partial charge in [-0.25, -0.2) is 9.00 Å². The van der Waals surface area contributed by atoms with E-state index < -0.39 is 35.5 Å². The molecule has 150 valence electrons. The molecule has 2 atom stereocenters. The van der Waals surface area contributed by atoms with Gasteiger partial charge in [-0.05, 0) is 46.8 Å². The van der Waals surface area contributed by atoms with Gasteiger partial charge in [-0.15, -0.1) is 0 Å². The molecule has 0 aliphatic rings. The van der Waals surface area contributed by atoms with Gasteiger partial charge in [-0.3, -0.25) is 4.79 Å². The number of aliphatic carboxylic acids is 1. The van der Waals surface area contributed by atoms with Crippen molar-refractivity contribution in [3.8, 4) is 11.1 Å². The van der Waals surface area contributed by atoms with Crippen molar-refractivity contribution in [3.05, 3.63) is 70.9 Å². The van der Waals surface area contributed by atoms with Crippen LogP contribution in [0.1, 0.15) is 10.4 Å². The maximum absolute atomic E-state index is 12.3. The monoisotopic (exact) mass is 430 g/mol. The van der Waals surface area contributed by atoms with Gasteiger partial charge in [0.1, 0.15) is 0 Å². The smallest absolute Gasteiger partial charge is 0.328 e. The van der Waals surface area contributed by atoms with Crippen molar-refractivity contribution < 1.29 is 24.0 Å². The van der Waals surface area contributed by atoms with Gasteiger partial charge in [-0.1, -0.05) is 24.3 Å². The molecule has 3 aromatic rings. The van der Waals surface area contributed by atoms with E-state index in [0.717, 1.165) is 11.1 Å². The number of aliphatic hydroxyl groups is 1. The van der Waals surface area contributed by atoms with Crippen molar-refractivity contribution in [1.29, 1.82) is 0 Å². The largest absolute Gasteiger partial charge is 0.480 e. The van der Waals surface area contributed by atoms with Gasteiger partial charge >= 0.3 is 5.97 Å². The summed E-state index contributed by atoms with van der Waals surface area (Å²) in [7, 11) is -1.35. The number of thiophene rings is 1. The second kappa shape index (κ2) is 9.46. The van der Waals surface area contributed by atoms with E-state index in [2.05, 4.69) is 10.0 Å². The van der Waals surface area contributed by atoms with Crippen LogP contribution in [0, 0.1) is 0 Å². The van der Waals surface area contributed by atoms with Crippen LogP contribution in [0.25, 0.3) is 11.1 Å². The Morgan fingerprint density at radius 1 is 1.07 bits per heavy atom. The molecule has 9 heteroatoms. The summed E-state index contributed by atoms with van der Waals surface area (Å²) >= 11 is 1.48. The lowest BCUT2D eigenvalue weighted by molar-refractivity contribution is -0.140. The van der Waals surface area contributed by atoms with E-state index >= 15 is 0 Å². The molecule has 1 heterocycles. The summed E-state index contributed by atoms with van der Waals surface area (Å²) in [6.45, 7) is -0.689. The molecule has 2 unspecified atom stereocenters. The van der Waals surface area contributed by atoms with Crippen LogP contribution in [0.15, 0.2) is 70.3 Å². The number of rotatable bonds is 8. The SMILES string of the molecule is O=C(NC(CO)C(=O)O)c1ccc(-c2cccc(NS(=O)c3ccsc3)c2)cc1. The topological polar surface area (TPSA) is 116 Å². The molecular formula is C20H18N2O5S2. The highest BCUT2D eigenvalue weighted by atomic mass is 32.2. The third kappa shape index (κ3) is 5.29. The predicted molar refractivity (Wildman–Crippen MR) is 112 cm³/mol. The Bertz CT molecular complexity index is 1020. The average Bonchev–Trinajstić information content (AvgIpc) is 3.27. The van der Waals surface area contributed by atoms with E-state index in [0.29, 0.717) is 10.6 Å². The lowest BCUT2D eigenvalue weighted by Crippen LogP contribution is -2.43. The second-order valence-electron chi connectivity index (χ2n) is 6.03. The first kappa shape index (κ1) is 20.7. The van der Waals surface area contributed by atoms with Crippen LogP contribution in [-0.2, 0) is 15.8 Å². The number of carbonyl (C=O) groups is 2. The second-order valence-corrected chi connectivity index (χ2v) is 8.03. The summed E-state index contributed by atoms with van der Waals surface area (Å²) in [5.41, 5.74) is 2.67. The third-order valence-corrected chi connectivity index (χ3v) is 5.98. The number of amides is 1. The lowest BCUT2D eigenvalue weighted by Gasteiger charge is -2.12. The number of aliphatic hydroxyl groups excluding tert-OH is 1. The van der Waals surface area contributed by atoms with Gasteiger partial charge in [0.05, 0.1) is 11.5 Å². The minimum Gasteiger partial charge on any atom is -0.480 e. The van der Waals surface area contributed by atoms with Crippen LogP contribution in [0.3, 0.4) is 0 Å². The molecule has 1 amide bonds. The Morgan fingerprint density at radius 2 is 1.83 bits per heavy atom. The summed E-state index contributed by atoms with van der Waals surface area (Å²) in [5.74, 6) is -1.89. The van der Waals surface area contributed by atoms with Crippen molar-refractivity contribution in [2.24, 2.45) is 0 Å². The van der Waals surface area contributed by atoms with Crippen molar-refractivity contribution in [3.63, 3.8) is 0 Å². The highest BCUT2D eigenvalue weighted by Gasteiger charge is 2.19. The summed E-state index contributed by atoms with van der Waals surface area (Å²) in [6.07, 6.45) is 0. The summed E-state index contributed by atoms with van der Waals surface area (Å²) in [6, 6.07) is 14.5. The molecule has 0 bridgehead atoms. The quantitative estimate of drug-likeness (QED) is 0.439. The number of anilines is 1. The van der Waals surface area contributed by atoms with Crippen LogP contribution in [-0.4, -0.2) is 38.9 Å². The minimum absolute atomic E-state index is 0.279. The first-order valence-corrected chi connectivity index (χ1v) is 10.6. The van der Waals surface area contributed by atoms with Crippen molar-refractivity contribution in [2.45, 2.75) is 10.9 Å². The first-order valence-electron chi connectivity index (χ1n) is 8.53. The fourth-order valence-electron chi connectivity index (χ4n) is 2.53. The number of benzene rings is 2. The Labute approximate surface area is 173 Å². The number of carbonyl (C=O) groups excluding carboxylic acids is 1. The van der Waals surface area contributed by atoms with Crippen molar-refractivity contribution in [2.75, 3.05) is 11.3 Å². The Balaban J connectivity index is 1.72. The molecule has 2 aromatic carbocycles. The van der Waals surface area contributed by atoms with Crippen LogP contribution >= 0.6 is 11.3 Å². The molecular weight excluding hydrogens is 412 g/mol. The summed E-state index contributed by atoms with van der Waals surface area (Å²) in [4.78, 5) is 23.8. The zero-order valence-corrected chi connectivity index (χ0v) is 16.7. The molecule has 0 radical (unpaired) electrons. The maximum Gasteiger partial charge on any atom is 0.328 e. The van der Waals surface area contributed by atoms with Gasteiger partial charge in [0.25, 0.3) is 5.91 Å². The molecule has 0 saturated carbocycles. The van der Waals surface area contributed by atoms with Crippen molar-refractivity contribution in [1.82, 2.24) is 5.32 Å². The van der Waals surface area contributed by atoms with Crippen molar-refractivity contribution >= 4 is 39.9 Å². The van der Waals surface area contributed by atoms with E-state index in [9.17, 15) is 13.8 Å². The van der Waals surface area contributed by atoms with E-state index in [-0.39, 0.29) is 5.56 Å². The van der Waals surface area contributed by atoms with Gasteiger partial charge in [0.15, 0.2) is 17.0 Å². The highest BCUT2D eigenvalue weighted by molar-refractivity contribution is 7.86. The van der Waals surface area contributed by atoms with Crippen LogP contribution in [0.2, 0.25) is 0 Å². The molecule has 7 nitrogen and oxygen atoms in total. The maximum atomic E-state index is 12.3. The molecule has 0 spiro atoms. The molecule has 0 aliphatic heterocycles. The van der Waals surface area contributed by atoms with E-state index in [4.69, 9.17) is 10.2 Å². The first-order chi connectivity index (χ1) is 14.0. The number of carboxylic acid groups (broad SMARTS) is 1. The van der Waals surface area contributed by atoms with Gasteiger partial charge < -0.3 is 20.3 Å². The summed E-state index contributed by atoms with van der Waals surface area (Å²) < 4.78 is 15.3. The molecule has 1 aromatic heterocycles.